The smallest absolute Gasteiger partial charge is 0.537 e. The quantitative estimate of drug-likeness (QED) is 0.0173. The van der Waals surface area contributed by atoms with Crippen LogP contribution in [0.4, 0.5) is 45.9 Å². The Morgan fingerprint density at radius 3 is 1.07 bits per heavy atom. The van der Waals surface area contributed by atoms with Gasteiger partial charge in [0.2, 0.25) is 17.1 Å². The number of nitrogens with two attached hydrogens (primary N) is 2. The Hall–Kier alpha value is -11.7. The molecule has 123 heavy (non-hydrogen) atoms. The summed E-state index contributed by atoms with van der Waals surface area (Å²) >= 11 is 62.5. The van der Waals surface area contributed by atoms with E-state index in [2.05, 4.69) is 72.6 Å². The zero-order valence-corrected chi connectivity index (χ0v) is 73.8. The molecule has 15 rings (SSSR count). The first-order chi connectivity index (χ1) is 59.1. The number of benzene rings is 12. The van der Waals surface area contributed by atoms with Crippen LogP contribution in [0.1, 0.15) is 49.5 Å². The van der Waals surface area contributed by atoms with Crippen LogP contribution >= 0.6 is 132 Å². The van der Waals surface area contributed by atoms with Gasteiger partial charge in [0.05, 0.1) is 84.1 Å². The van der Waals surface area contributed by atoms with Crippen molar-refractivity contribution < 1.29 is 48.5 Å². The number of carbonyl (C=O) groups is 3. The van der Waals surface area contributed by atoms with E-state index in [0.29, 0.717) is 93.9 Å². The number of carbonyl (C=O) groups excluding carboxylic acids is 1. The Kier molecular flexibility index (Phi) is 34.9. The maximum Gasteiger partial charge on any atom is 0.569 e. The van der Waals surface area contributed by atoms with Crippen LogP contribution < -0.4 is 41.5 Å². The molecule has 0 unspecified atom stereocenters. The Balaban J connectivity index is 0.000000164. The minimum Gasteiger partial charge on any atom is -0.537 e. The van der Waals surface area contributed by atoms with E-state index < -0.39 is 17.9 Å². The number of nitrogens with zero attached hydrogens (tertiary/aromatic N) is 8. The van der Waals surface area contributed by atoms with E-state index in [1.54, 1.807) is 86.5 Å². The summed E-state index contributed by atoms with van der Waals surface area (Å²) in [6, 6.07) is 79.3. The molecule has 11 N–H and O–H groups in total. The van der Waals surface area contributed by atoms with Crippen molar-refractivity contribution >= 4 is 203 Å². The van der Waals surface area contributed by atoms with Gasteiger partial charge in [0, 0.05) is 32.9 Å². The third kappa shape index (κ3) is 27.4. The SMILES string of the molecule is CCOC(=O)c1nnn(Cc2ccc(OC)cc2)c1Nc1ccc(-c2ccc(Cl)c(Cl)c2)cc1.COc1ccc(Cn2nnc(C(=O)O)c2Nc2ccc(-c3ccc(Cl)c(Cl)c3)cc2)cc1.Nc1ccc(-c2ccc(Cl)c(Cl)c2)cc1.Nc1ccc(Br)cc1.O=C(O)c1n[nH]nc1Nc1ccc(-c2ccc(Cl)c(Cl)c2)cc1.O[B]Oc1ccc(Cl)c(Cl)c1. The van der Waals surface area contributed by atoms with Crippen molar-refractivity contribution in [3.63, 3.8) is 0 Å². The Bertz CT molecular complexity index is 6050. The van der Waals surface area contributed by atoms with E-state index in [4.69, 9.17) is 152 Å². The second kappa shape index (κ2) is 46.0. The summed E-state index contributed by atoms with van der Waals surface area (Å²) in [7, 11) is 3.80. The highest BCUT2D eigenvalue weighted by atomic mass is 79.9. The molecular weight excluding hydrogens is 1850 g/mol. The van der Waals surface area contributed by atoms with Crippen LogP contribution in [0.5, 0.6) is 17.2 Å². The number of aromatic carboxylic acids is 2. The summed E-state index contributed by atoms with van der Waals surface area (Å²) in [5.74, 6) is -0.0456. The lowest BCUT2D eigenvalue weighted by atomic mass is 10.1. The Morgan fingerprint density at radius 1 is 0.407 bits per heavy atom. The standard InChI is InChI=1S/C25H22Cl2N4O3.C23H18Cl2N4O3.C15H10Cl2N4O2.C12H9Cl2N.C6H4BCl2O2.C6H6BrN/c1-3-34-25(32)23-24(31(30-29-23)15-16-4-11-20(33-2)12-5-16)28-19-9-6-17(7-10-19)18-8-13-21(26)22(27)14-18;1-32-18-9-2-14(3-10-18)13-29-22(21(23(30)31)27-28-29)26-17-7-4-15(5-8-17)16-6-11-19(24)20(25)12-16;16-11-6-3-9(7-12(11)17)8-1-4-10(5-2-8)18-14-13(15(22)23)19-21-20-14;13-11-6-3-9(7-12(11)14)8-1-4-10(15)5-2-8;8-5-2-1-4(11-7-10)3-6(5)9;7-5-1-3-6(8)4-2-5/h4-14,28H,3,15H2,1-2H3;2-12,26H,13H2,1H3,(H,30,31);1-7H,(H,22,23)(H2,18,19,20,21);1-7H,15H2;1-3,10H;1-4H,8H2. The first kappa shape index (κ1) is 93.5. The number of nitrogens with one attached hydrogen (secondary N) is 4. The monoisotopic (exact) mass is 1910 g/mol. The molecule has 0 aliphatic heterocycles. The molecule has 0 saturated heterocycles. The number of nitrogen functional groups attached to an aromatic ring is 2. The summed E-state index contributed by atoms with van der Waals surface area (Å²) in [5, 5.41) is 66.7. The fourth-order valence-corrected chi connectivity index (χ4v) is 12.7. The maximum atomic E-state index is 12.5. The van der Waals surface area contributed by atoms with Crippen LogP contribution in [0.2, 0.25) is 50.2 Å². The number of ether oxygens (including phenoxy) is 3. The highest BCUT2D eigenvalue weighted by Crippen LogP contribution is 2.36. The van der Waals surface area contributed by atoms with Gasteiger partial charge in [0.25, 0.3) is 0 Å². The topological polar surface area (TPSA) is 340 Å². The van der Waals surface area contributed by atoms with Gasteiger partial charge in [-0.15, -0.1) is 20.4 Å². The van der Waals surface area contributed by atoms with Crippen molar-refractivity contribution in [2.75, 3.05) is 48.2 Å². The largest absolute Gasteiger partial charge is 0.569 e. The number of aromatic nitrogens is 9. The Labute approximate surface area is 764 Å². The van der Waals surface area contributed by atoms with Gasteiger partial charge in [-0.25, -0.2) is 23.7 Å². The zero-order valence-electron chi connectivity index (χ0n) is 64.6. The van der Waals surface area contributed by atoms with Crippen molar-refractivity contribution in [2.24, 2.45) is 0 Å². The summed E-state index contributed by atoms with van der Waals surface area (Å²) in [4.78, 5) is 35.1. The van der Waals surface area contributed by atoms with Crippen LogP contribution in [0.25, 0.3) is 44.5 Å². The lowest BCUT2D eigenvalue weighted by molar-refractivity contribution is 0.0519. The van der Waals surface area contributed by atoms with Crippen LogP contribution in [-0.2, 0) is 17.8 Å². The lowest BCUT2D eigenvalue weighted by Gasteiger charge is -2.12. The van der Waals surface area contributed by atoms with E-state index in [0.717, 1.165) is 88.7 Å². The molecule has 24 nitrogen and oxygen atoms in total. The molecule has 3 aromatic heterocycles. The fourth-order valence-electron chi connectivity index (χ4n) is 11.0. The second-order valence-electron chi connectivity index (χ2n) is 25.5. The molecule has 3 heterocycles. The van der Waals surface area contributed by atoms with Crippen molar-refractivity contribution in [1.82, 2.24) is 45.4 Å². The second-order valence-corrected chi connectivity index (χ2v) is 30.5. The Morgan fingerprint density at radius 2 is 0.732 bits per heavy atom. The number of halogens is 11. The van der Waals surface area contributed by atoms with Gasteiger partial charge in [-0.1, -0.05) is 239 Å². The van der Waals surface area contributed by atoms with Crippen molar-refractivity contribution in [3.8, 4) is 61.8 Å². The molecule has 0 fully saturated rings. The van der Waals surface area contributed by atoms with E-state index >= 15 is 0 Å². The fraction of sp³-hybridized carbons (Fsp3) is 0.0690. The van der Waals surface area contributed by atoms with Crippen molar-refractivity contribution in [3.05, 3.63) is 344 Å². The highest BCUT2D eigenvalue weighted by Gasteiger charge is 2.24. The van der Waals surface area contributed by atoms with Crippen molar-refractivity contribution in [1.29, 1.82) is 0 Å². The third-order valence-electron chi connectivity index (χ3n) is 17.2. The van der Waals surface area contributed by atoms with Gasteiger partial charge in [0.1, 0.15) is 17.2 Å². The number of carboxylic acid groups (broad SMARTS) is 2. The summed E-state index contributed by atoms with van der Waals surface area (Å²) in [5.41, 5.74) is 24.1. The number of H-pyrrole nitrogens is 1. The predicted molar refractivity (Wildman–Crippen MR) is 496 cm³/mol. The van der Waals surface area contributed by atoms with Gasteiger partial charge in [-0.05, 0) is 226 Å². The normalized spacial score (nSPS) is 10.4. The van der Waals surface area contributed by atoms with Gasteiger partial charge in [-0.3, -0.25) is 0 Å². The summed E-state index contributed by atoms with van der Waals surface area (Å²) in [6.07, 6.45) is 0. The molecule has 36 heteroatoms. The average Bonchev–Trinajstić information content (AvgIpc) is 1.80. The lowest BCUT2D eigenvalue weighted by Crippen LogP contribution is -2.11. The minimum absolute atomic E-state index is 0.115. The molecule has 627 valence electrons. The van der Waals surface area contributed by atoms with E-state index in [9.17, 15) is 19.5 Å². The average molecular weight is 1920 g/mol. The number of hydrogen-bond acceptors (Lipinski definition) is 19. The predicted octanol–water partition coefficient (Wildman–Crippen LogP) is 24.4. The van der Waals surface area contributed by atoms with E-state index in [-0.39, 0.29) is 35.3 Å². The van der Waals surface area contributed by atoms with Crippen LogP contribution in [0.3, 0.4) is 0 Å². The summed E-state index contributed by atoms with van der Waals surface area (Å²) < 4.78 is 24.4. The van der Waals surface area contributed by atoms with Gasteiger partial charge in [0.15, 0.2) is 17.5 Å². The van der Waals surface area contributed by atoms with Crippen LogP contribution in [-0.4, -0.2) is 107 Å². The van der Waals surface area contributed by atoms with E-state index in [1.165, 1.54) is 10.7 Å². The van der Waals surface area contributed by atoms with Gasteiger partial charge < -0.3 is 61.5 Å². The molecule has 12 aromatic carbocycles. The number of rotatable bonds is 22. The number of aromatic amines is 1. The molecule has 0 saturated carbocycles. The summed E-state index contributed by atoms with van der Waals surface area (Å²) in [6.45, 7) is 2.73. The van der Waals surface area contributed by atoms with Crippen LogP contribution in [0, 0.1) is 0 Å². The number of carboxylic acids is 2. The molecule has 15 aromatic rings. The molecule has 1 radical (unpaired) electrons. The first-order valence-corrected chi connectivity index (χ1v) is 40.8. The number of methoxy groups -OCH3 is 2. The molecule has 0 amide bonds. The van der Waals surface area contributed by atoms with Crippen LogP contribution in [0.15, 0.2) is 265 Å². The molecule has 0 spiro atoms. The molecule has 0 aliphatic rings. The van der Waals surface area contributed by atoms with Gasteiger partial charge in [-0.2, -0.15) is 5.21 Å². The minimum atomic E-state index is -1.17. The number of esters is 1. The van der Waals surface area contributed by atoms with E-state index in [1.807, 2.05) is 194 Å². The molecule has 0 aliphatic carbocycles. The third-order valence-corrected chi connectivity index (χ3v) is 21.4. The molecular formula is C87H69BBrCl10N14O10. The van der Waals surface area contributed by atoms with Gasteiger partial charge >= 0.3 is 25.6 Å². The van der Waals surface area contributed by atoms with Crippen molar-refractivity contribution in [2.45, 2.75) is 20.0 Å². The molecule has 0 atom stereocenters. The molecule has 0 bridgehead atoms. The zero-order chi connectivity index (χ0) is 88.2. The number of anilines is 8. The maximum absolute atomic E-state index is 12.5. The highest BCUT2D eigenvalue weighted by molar-refractivity contribution is 9.10. The number of hydrogen-bond donors (Lipinski definition) is 9. The first-order valence-electron chi connectivity index (χ1n) is 36.2.